The van der Waals surface area contributed by atoms with Crippen LogP contribution in [0.5, 0.6) is 0 Å². The highest BCUT2D eigenvalue weighted by Crippen LogP contribution is 2.62. The number of anilines is 1. The zero-order valence-electron chi connectivity index (χ0n) is 36.3. The molecule has 0 radical (unpaired) electrons. The summed E-state index contributed by atoms with van der Waals surface area (Å²) in [5.74, 6) is 0.686. The molecule has 9 heterocycles. The number of nitrogens with one attached hydrogen (secondary N) is 1. The fraction of sp³-hybridized carbons (Fsp3) is 0.804. The molecule has 1 aromatic carbocycles. The van der Waals surface area contributed by atoms with E-state index in [0.29, 0.717) is 55.0 Å². The molecule has 8 aliphatic heterocycles. The van der Waals surface area contributed by atoms with Gasteiger partial charge >= 0.3 is 0 Å². The van der Waals surface area contributed by atoms with Crippen molar-refractivity contribution >= 4 is 28.2 Å². The Hall–Kier alpha value is -1.72. The lowest BCUT2D eigenvalue weighted by atomic mass is 9.58. The highest BCUT2D eigenvalue weighted by molar-refractivity contribution is 6.31. The summed E-state index contributed by atoms with van der Waals surface area (Å²) in [7, 11) is 0. The predicted octanol–water partition coefficient (Wildman–Crippen LogP) is 8.44. The number of hydrogen-bond donors (Lipinski definition) is 1. The van der Waals surface area contributed by atoms with Crippen molar-refractivity contribution < 1.29 is 48.0 Å². The first kappa shape index (κ1) is 42.2. The Bertz CT molecular complexity index is 1780. The molecule has 0 amide bonds. The van der Waals surface area contributed by atoms with Crippen LogP contribution >= 0.6 is 11.6 Å². The number of benzene rings is 1. The van der Waals surface area contributed by atoms with Gasteiger partial charge in [-0.3, -0.25) is 9.88 Å². The number of ether oxygens (including phenoxy) is 6. The van der Waals surface area contributed by atoms with E-state index < -0.39 is 47.9 Å². The van der Waals surface area contributed by atoms with Crippen LogP contribution in [0.2, 0.25) is 5.02 Å². The SMILES string of the molecule is C[C@H]1[C@@H](OCCN(CCCNc2ccnc3cc(Cl)ccc23)CCO[C@H]2O[C@@H]3O[C@@]4(C)CC[C@H]5[C@H](C)CC[C@@H]([C@H]2C)[C@@]35OO4)O[C@@H]2O[C@@]3(C)CC[C@H]4[C@H](C)CC[C@@H]1[C@@]24OO3. The second-order valence-electron chi connectivity index (χ2n) is 19.9. The summed E-state index contributed by atoms with van der Waals surface area (Å²) < 4.78 is 40.1. The summed E-state index contributed by atoms with van der Waals surface area (Å²) in [6, 6.07) is 7.86. The van der Waals surface area contributed by atoms with Crippen LogP contribution in [0.3, 0.4) is 0 Å². The van der Waals surface area contributed by atoms with E-state index in [9.17, 15) is 0 Å². The van der Waals surface area contributed by atoms with E-state index in [2.05, 4.69) is 42.9 Å². The predicted molar refractivity (Wildman–Crippen MR) is 222 cm³/mol. The van der Waals surface area contributed by atoms with Crippen LogP contribution in [-0.2, 0) is 48.0 Å². The van der Waals surface area contributed by atoms with Gasteiger partial charge in [-0.15, -0.1) is 0 Å². The minimum Gasteiger partial charge on any atom is -0.384 e. The van der Waals surface area contributed by atoms with Crippen molar-refractivity contribution in [2.75, 3.05) is 44.7 Å². The van der Waals surface area contributed by atoms with Gasteiger partial charge in [-0.25, -0.2) is 19.6 Å². The van der Waals surface area contributed by atoms with Crippen molar-refractivity contribution in [2.24, 2.45) is 47.3 Å². The monoisotopic (exact) mass is 855 g/mol. The molecule has 0 unspecified atom stereocenters. The largest absolute Gasteiger partial charge is 0.384 e. The Kier molecular flexibility index (Phi) is 11.5. The van der Waals surface area contributed by atoms with Gasteiger partial charge < -0.3 is 33.7 Å². The molecular weight excluding hydrogens is 790 g/mol. The molecule has 10 fully saturated rings. The molecule has 4 bridgehead atoms. The van der Waals surface area contributed by atoms with E-state index in [4.69, 9.17) is 59.6 Å². The van der Waals surface area contributed by atoms with Gasteiger partial charge in [0.2, 0.25) is 11.6 Å². The molecule has 2 spiro atoms. The quantitative estimate of drug-likeness (QED) is 0.154. The maximum atomic E-state index is 6.76. The topological polar surface area (TPSA) is 120 Å². The number of hydrogen-bond acceptors (Lipinski definition) is 13. The average molecular weight is 856 g/mol. The molecule has 2 saturated carbocycles. The number of rotatable bonds is 13. The van der Waals surface area contributed by atoms with Gasteiger partial charge in [0.05, 0.1) is 18.7 Å². The molecule has 13 nitrogen and oxygen atoms in total. The molecular formula is C46H66ClN3O10. The fourth-order valence-electron chi connectivity index (χ4n) is 12.9. The minimum absolute atomic E-state index is 0.116. The molecule has 8 saturated heterocycles. The lowest BCUT2D eigenvalue weighted by Crippen LogP contribution is -2.70. The molecule has 14 heteroatoms. The maximum Gasteiger partial charge on any atom is 0.201 e. The van der Waals surface area contributed by atoms with E-state index in [1.54, 1.807) is 0 Å². The molecule has 1 N–H and O–H groups in total. The van der Waals surface area contributed by atoms with Crippen molar-refractivity contribution in [3.05, 3.63) is 35.5 Å². The Labute approximate surface area is 359 Å². The highest BCUT2D eigenvalue weighted by atomic mass is 35.5. The molecule has 2 aromatic rings. The second-order valence-corrected chi connectivity index (χ2v) is 20.4. The summed E-state index contributed by atoms with van der Waals surface area (Å²) in [5.41, 5.74) is 0.706. The van der Waals surface area contributed by atoms with Crippen LogP contribution in [0, 0.1) is 47.3 Å². The minimum atomic E-state index is -0.818. The number of nitrogens with zero attached hydrogens (tertiary/aromatic N) is 2. The molecule has 16 atom stereocenters. The smallest absolute Gasteiger partial charge is 0.201 e. The van der Waals surface area contributed by atoms with Gasteiger partial charge in [-0.2, -0.15) is 0 Å². The Morgan fingerprint density at radius 3 is 1.85 bits per heavy atom. The van der Waals surface area contributed by atoms with Crippen molar-refractivity contribution in [3.8, 4) is 0 Å². The summed E-state index contributed by atoms with van der Waals surface area (Å²) in [4.78, 5) is 31.8. The third-order valence-corrected chi connectivity index (χ3v) is 16.5. The van der Waals surface area contributed by atoms with E-state index in [1.165, 1.54) is 0 Å². The van der Waals surface area contributed by atoms with Crippen molar-refractivity contribution in [1.82, 2.24) is 9.88 Å². The van der Waals surface area contributed by atoms with Crippen molar-refractivity contribution in [2.45, 2.75) is 147 Å². The fourth-order valence-corrected chi connectivity index (χ4v) is 13.0. The lowest BCUT2D eigenvalue weighted by Gasteiger charge is -2.60. The van der Waals surface area contributed by atoms with Crippen molar-refractivity contribution in [1.29, 1.82) is 0 Å². The maximum absolute atomic E-state index is 6.76. The molecule has 12 rings (SSSR count). The normalized spacial score (nSPS) is 45.5. The zero-order chi connectivity index (χ0) is 41.4. The molecule has 10 aliphatic rings. The van der Waals surface area contributed by atoms with E-state index in [0.717, 1.165) is 87.5 Å². The highest BCUT2D eigenvalue weighted by Gasteiger charge is 2.71. The van der Waals surface area contributed by atoms with Crippen LogP contribution in [0.4, 0.5) is 5.69 Å². The van der Waals surface area contributed by atoms with Gasteiger partial charge in [-0.05, 0) is 113 Å². The summed E-state index contributed by atoms with van der Waals surface area (Å²) in [5, 5.41) is 5.38. The Balaban J connectivity index is 0.801. The van der Waals surface area contributed by atoms with Gasteiger partial charge in [-0.1, -0.05) is 39.3 Å². The van der Waals surface area contributed by atoms with Crippen LogP contribution in [0.1, 0.15) is 99.3 Å². The van der Waals surface area contributed by atoms with Crippen LogP contribution in [0.25, 0.3) is 10.9 Å². The first-order valence-corrected chi connectivity index (χ1v) is 23.4. The zero-order valence-corrected chi connectivity index (χ0v) is 37.0. The standard InChI is InChI=1S/C46H66ClN3O10/c1-27-8-12-35-29(3)39(53-41-45(35)33(27)14-17-43(5,55-41)57-59-45)51-24-22-50(21-7-19-48-37-16-20-49-38-26-31(47)10-11-32(37)38)23-25-52-40-30(4)36-13-9-28(2)34-15-18-44(6)56-42(54-40)46(34,36)60-58-44/h10-11,16,20,26-30,33-36,39-42H,7-9,12-15,17-19,21-25H2,1-6H3,(H,48,49)/t27-,28-,29-,30-,33+,34+,35+,36+,39+,40+,41-,42-,43-,44-,45-,46-/m1/s1. The van der Waals surface area contributed by atoms with Gasteiger partial charge in [0.25, 0.3) is 0 Å². The number of pyridine rings is 1. The van der Waals surface area contributed by atoms with Crippen LogP contribution < -0.4 is 5.32 Å². The lowest BCUT2D eigenvalue weighted by molar-refractivity contribution is -0.577. The Morgan fingerprint density at radius 2 is 1.28 bits per heavy atom. The van der Waals surface area contributed by atoms with Crippen molar-refractivity contribution in [3.63, 3.8) is 0 Å². The number of aromatic nitrogens is 1. The van der Waals surface area contributed by atoms with E-state index >= 15 is 0 Å². The van der Waals surface area contributed by atoms with Gasteiger partial charge in [0.1, 0.15) is 0 Å². The second kappa shape index (κ2) is 16.4. The summed E-state index contributed by atoms with van der Waals surface area (Å²) >= 11 is 6.26. The van der Waals surface area contributed by atoms with E-state index in [-0.39, 0.29) is 23.7 Å². The third-order valence-electron chi connectivity index (χ3n) is 16.2. The molecule has 1 aromatic heterocycles. The average Bonchev–Trinajstić information content (AvgIpc) is 3.61. The number of fused-ring (bicyclic) bond motifs is 5. The summed E-state index contributed by atoms with van der Waals surface area (Å²) in [6.45, 7) is 17.2. The number of halogens is 1. The van der Waals surface area contributed by atoms with Crippen LogP contribution in [0.15, 0.2) is 30.5 Å². The first-order valence-electron chi connectivity index (χ1n) is 23.1. The third kappa shape index (κ3) is 7.23. The van der Waals surface area contributed by atoms with Crippen LogP contribution in [-0.4, -0.2) is 97.2 Å². The molecule has 332 valence electrons. The molecule has 2 aliphatic carbocycles. The Morgan fingerprint density at radius 1 is 0.717 bits per heavy atom. The summed E-state index contributed by atoms with van der Waals surface area (Å²) in [6.07, 6.45) is 8.83. The van der Waals surface area contributed by atoms with E-state index in [1.807, 2.05) is 44.3 Å². The van der Waals surface area contributed by atoms with Gasteiger partial charge in [0.15, 0.2) is 36.4 Å². The first-order chi connectivity index (χ1) is 28.9. The molecule has 60 heavy (non-hydrogen) atoms. The van der Waals surface area contributed by atoms with Gasteiger partial charge in [0, 0.05) is 78.4 Å².